The standard InChI is InChI=1S/C28H32N4O5S/c1-3-26(33)32-14-12-31(13-15-32)23-11-7-10-21(16-23)22-17-24(36-2)27-25(18-22)37-29-28(27)30-38(34,35)19-20-8-5-4-6-9-20/h1,7,10-11,16-18,20H,4-6,8-9,12-15,19H2,2H3,(H,29,30). The largest absolute Gasteiger partial charge is 0.496 e. The number of terminal acetylenes is 1. The number of anilines is 2. The molecule has 0 atom stereocenters. The lowest BCUT2D eigenvalue weighted by molar-refractivity contribution is -0.125. The van der Waals surface area contributed by atoms with Crippen LogP contribution in [0.15, 0.2) is 40.9 Å². The van der Waals surface area contributed by atoms with Crippen LogP contribution in [-0.2, 0) is 14.8 Å². The number of amides is 1. The second-order valence-corrected chi connectivity index (χ2v) is 11.7. The van der Waals surface area contributed by atoms with Gasteiger partial charge in [-0.25, -0.2) is 8.42 Å². The Bertz CT molecular complexity index is 1460. The maximum absolute atomic E-state index is 12.9. The molecule has 3 aromatic rings. The number of carbonyl (C=O) groups is 1. The number of piperazine rings is 1. The van der Waals surface area contributed by atoms with E-state index < -0.39 is 10.0 Å². The molecular weight excluding hydrogens is 504 g/mol. The van der Waals surface area contributed by atoms with Crippen molar-refractivity contribution < 1.29 is 22.5 Å². The van der Waals surface area contributed by atoms with E-state index in [1.54, 1.807) is 12.0 Å². The summed E-state index contributed by atoms with van der Waals surface area (Å²) in [5.41, 5.74) is 3.26. The molecular formula is C28H32N4O5S. The van der Waals surface area contributed by atoms with Crippen molar-refractivity contribution in [1.82, 2.24) is 10.1 Å². The monoisotopic (exact) mass is 536 g/mol. The zero-order chi connectivity index (χ0) is 26.7. The molecule has 2 aliphatic rings. The van der Waals surface area contributed by atoms with Gasteiger partial charge in [0.2, 0.25) is 10.0 Å². The topological polar surface area (TPSA) is 105 Å². The fourth-order valence-electron chi connectivity index (χ4n) is 5.43. The van der Waals surface area contributed by atoms with E-state index >= 15 is 0 Å². The first-order valence-electron chi connectivity index (χ1n) is 13.0. The molecule has 200 valence electrons. The van der Waals surface area contributed by atoms with Gasteiger partial charge in [-0.3, -0.25) is 9.52 Å². The normalized spacial score (nSPS) is 16.8. The lowest BCUT2D eigenvalue weighted by Crippen LogP contribution is -2.48. The number of hydrogen-bond acceptors (Lipinski definition) is 7. The summed E-state index contributed by atoms with van der Waals surface area (Å²) >= 11 is 0. The zero-order valence-corrected chi connectivity index (χ0v) is 22.3. The molecule has 2 aromatic carbocycles. The number of benzene rings is 2. The van der Waals surface area contributed by atoms with Gasteiger partial charge in [-0.1, -0.05) is 36.6 Å². The Morgan fingerprint density at radius 1 is 1.13 bits per heavy atom. The Labute approximate surface area is 223 Å². The van der Waals surface area contributed by atoms with E-state index in [4.69, 9.17) is 15.7 Å². The fourth-order valence-corrected chi connectivity index (χ4v) is 6.90. The van der Waals surface area contributed by atoms with Gasteiger partial charge < -0.3 is 19.1 Å². The summed E-state index contributed by atoms with van der Waals surface area (Å²) in [5, 5.41) is 4.53. The van der Waals surface area contributed by atoms with Crippen LogP contribution in [0.25, 0.3) is 22.1 Å². The molecule has 1 amide bonds. The molecule has 0 bridgehead atoms. The number of nitrogens with zero attached hydrogens (tertiary/aromatic N) is 3. The van der Waals surface area contributed by atoms with E-state index in [1.807, 2.05) is 30.3 Å². The third-order valence-electron chi connectivity index (χ3n) is 7.43. The SMILES string of the molecule is C#CC(=O)N1CCN(c2cccc(-c3cc(OC)c4c(NS(=O)(=O)CC5CCCCC5)noc4c3)c2)CC1. The summed E-state index contributed by atoms with van der Waals surface area (Å²) < 4.78 is 39.6. The first kappa shape index (κ1) is 25.9. The van der Waals surface area contributed by atoms with Gasteiger partial charge in [0.25, 0.3) is 5.91 Å². The molecule has 9 nitrogen and oxygen atoms in total. The van der Waals surface area contributed by atoms with Crippen molar-refractivity contribution >= 4 is 38.4 Å². The highest BCUT2D eigenvalue weighted by molar-refractivity contribution is 7.92. The molecule has 1 aromatic heterocycles. The summed E-state index contributed by atoms with van der Waals surface area (Å²) in [6.07, 6.45) is 10.4. The second-order valence-electron chi connectivity index (χ2n) is 9.94. The van der Waals surface area contributed by atoms with Crippen LogP contribution < -0.4 is 14.4 Å². The number of sulfonamides is 1. The van der Waals surface area contributed by atoms with Gasteiger partial charge in [0, 0.05) is 31.9 Å². The Kier molecular flexibility index (Phi) is 7.47. The minimum atomic E-state index is -3.58. The van der Waals surface area contributed by atoms with E-state index in [0.29, 0.717) is 42.9 Å². The van der Waals surface area contributed by atoms with Crippen LogP contribution in [0, 0.1) is 18.3 Å². The summed E-state index contributed by atoms with van der Waals surface area (Å²) in [6, 6.07) is 11.8. The molecule has 0 radical (unpaired) electrons. The van der Waals surface area contributed by atoms with Crippen LogP contribution >= 0.6 is 0 Å². The number of ether oxygens (including phenoxy) is 1. The molecule has 1 N–H and O–H groups in total. The number of fused-ring (bicyclic) bond motifs is 1. The summed E-state index contributed by atoms with van der Waals surface area (Å²) in [5.74, 6) is 2.78. The first-order chi connectivity index (χ1) is 18.4. The maximum atomic E-state index is 12.9. The van der Waals surface area contributed by atoms with Crippen molar-refractivity contribution in [2.45, 2.75) is 32.1 Å². The van der Waals surface area contributed by atoms with Crippen LogP contribution in [0.2, 0.25) is 0 Å². The van der Waals surface area contributed by atoms with Crippen molar-refractivity contribution in [3.8, 4) is 29.2 Å². The van der Waals surface area contributed by atoms with Gasteiger partial charge in [0.15, 0.2) is 11.4 Å². The minimum absolute atomic E-state index is 0.0830. The number of carbonyl (C=O) groups excluding carboxylic acids is 1. The van der Waals surface area contributed by atoms with Crippen LogP contribution in [0.4, 0.5) is 11.5 Å². The van der Waals surface area contributed by atoms with E-state index in [0.717, 1.165) is 42.5 Å². The Morgan fingerprint density at radius 3 is 2.61 bits per heavy atom. The first-order valence-corrected chi connectivity index (χ1v) is 14.6. The van der Waals surface area contributed by atoms with Crippen LogP contribution in [-0.4, -0.2) is 63.4 Å². The third kappa shape index (κ3) is 5.58. The average molecular weight is 537 g/mol. The molecule has 1 aliphatic heterocycles. The number of methoxy groups -OCH3 is 1. The van der Waals surface area contributed by atoms with E-state index in [9.17, 15) is 13.2 Å². The number of hydrogen-bond donors (Lipinski definition) is 1. The number of aromatic nitrogens is 1. The number of nitrogens with one attached hydrogen (secondary N) is 1. The van der Waals surface area contributed by atoms with Gasteiger partial charge in [0.1, 0.15) is 11.1 Å². The van der Waals surface area contributed by atoms with Crippen molar-refractivity contribution in [3.05, 3.63) is 36.4 Å². The lowest BCUT2D eigenvalue weighted by Gasteiger charge is -2.35. The number of rotatable bonds is 7. The zero-order valence-electron chi connectivity index (χ0n) is 21.5. The third-order valence-corrected chi connectivity index (χ3v) is 8.84. The van der Waals surface area contributed by atoms with Crippen molar-refractivity contribution in [3.63, 3.8) is 0 Å². The molecule has 0 unspecified atom stereocenters. The molecule has 1 saturated heterocycles. The summed E-state index contributed by atoms with van der Waals surface area (Å²) in [7, 11) is -2.04. The smallest absolute Gasteiger partial charge is 0.298 e. The highest BCUT2D eigenvalue weighted by Crippen LogP contribution is 2.38. The molecule has 1 aliphatic carbocycles. The Hall–Kier alpha value is -3.71. The molecule has 38 heavy (non-hydrogen) atoms. The van der Waals surface area contributed by atoms with Gasteiger partial charge in [-0.2, -0.15) is 0 Å². The van der Waals surface area contributed by atoms with Crippen LogP contribution in [0.3, 0.4) is 0 Å². The van der Waals surface area contributed by atoms with Gasteiger partial charge >= 0.3 is 0 Å². The van der Waals surface area contributed by atoms with Crippen molar-refractivity contribution in [1.29, 1.82) is 0 Å². The van der Waals surface area contributed by atoms with E-state index in [1.165, 1.54) is 6.42 Å². The average Bonchev–Trinajstić information content (AvgIpc) is 3.34. The molecule has 1 saturated carbocycles. The summed E-state index contributed by atoms with van der Waals surface area (Å²) in [6.45, 7) is 2.52. The van der Waals surface area contributed by atoms with E-state index in [2.05, 4.69) is 26.8 Å². The molecule has 2 fully saturated rings. The van der Waals surface area contributed by atoms with Gasteiger partial charge in [-0.05, 0) is 60.1 Å². The highest BCUT2D eigenvalue weighted by Gasteiger charge is 2.25. The summed E-state index contributed by atoms with van der Waals surface area (Å²) in [4.78, 5) is 15.7. The highest BCUT2D eigenvalue weighted by atomic mass is 32.2. The second kappa shape index (κ2) is 11.0. The van der Waals surface area contributed by atoms with Gasteiger partial charge in [-0.15, -0.1) is 6.42 Å². The lowest BCUT2D eigenvalue weighted by atomic mass is 9.91. The van der Waals surface area contributed by atoms with Crippen molar-refractivity contribution in [2.75, 3.05) is 48.7 Å². The predicted octanol–water partition coefficient (Wildman–Crippen LogP) is 4.11. The molecule has 2 heterocycles. The van der Waals surface area contributed by atoms with Crippen LogP contribution in [0.1, 0.15) is 32.1 Å². The maximum Gasteiger partial charge on any atom is 0.298 e. The predicted molar refractivity (Wildman–Crippen MR) is 148 cm³/mol. The van der Waals surface area contributed by atoms with Gasteiger partial charge in [0.05, 0.1) is 12.9 Å². The van der Waals surface area contributed by atoms with Crippen molar-refractivity contribution in [2.24, 2.45) is 5.92 Å². The molecule has 5 rings (SSSR count). The Morgan fingerprint density at radius 2 is 1.89 bits per heavy atom. The van der Waals surface area contributed by atoms with Crippen LogP contribution in [0.5, 0.6) is 5.75 Å². The Balaban J connectivity index is 1.37. The molecule has 10 heteroatoms. The quantitative estimate of drug-likeness (QED) is 0.453. The molecule has 0 spiro atoms. The minimum Gasteiger partial charge on any atom is -0.496 e. The van der Waals surface area contributed by atoms with E-state index in [-0.39, 0.29) is 23.4 Å². The fraction of sp³-hybridized carbons (Fsp3) is 0.429.